The fourth-order valence-electron chi connectivity index (χ4n) is 1.51. The maximum Gasteiger partial charge on any atom is 0.247 e. The monoisotopic (exact) mass is 224 g/mol. The van der Waals surface area contributed by atoms with E-state index >= 15 is 0 Å². The van der Waals surface area contributed by atoms with E-state index in [1.54, 1.807) is 11.9 Å². The number of rotatable bonds is 3. The van der Waals surface area contributed by atoms with Crippen molar-refractivity contribution in [2.45, 2.75) is 27.2 Å². The molecule has 0 saturated carbocycles. The van der Waals surface area contributed by atoms with Crippen LogP contribution < -0.4 is 0 Å². The van der Waals surface area contributed by atoms with E-state index in [0.29, 0.717) is 6.54 Å². The highest BCUT2D eigenvalue weighted by molar-refractivity contribution is 5.86. The summed E-state index contributed by atoms with van der Waals surface area (Å²) in [7, 11) is 1.76. The zero-order valence-corrected chi connectivity index (χ0v) is 10.5. The predicted molar refractivity (Wildman–Crippen MR) is 60.6 cm³/mol. The average Bonchev–Trinajstić information content (AvgIpc) is 2.12. The molecule has 0 N–H and O–H groups in total. The Bertz CT molecular complexity index is 308. The fourth-order valence-corrected chi connectivity index (χ4v) is 1.51. The second-order valence-electron chi connectivity index (χ2n) is 5.72. The van der Waals surface area contributed by atoms with E-state index in [-0.39, 0.29) is 24.5 Å². The van der Waals surface area contributed by atoms with E-state index in [9.17, 15) is 4.79 Å². The van der Waals surface area contributed by atoms with E-state index in [1.807, 2.05) is 0 Å². The van der Waals surface area contributed by atoms with Gasteiger partial charge in [0, 0.05) is 13.6 Å². The molecule has 0 aromatic rings. The van der Waals surface area contributed by atoms with Crippen molar-refractivity contribution in [3.05, 3.63) is 0 Å². The molecule has 0 spiro atoms. The van der Waals surface area contributed by atoms with Gasteiger partial charge < -0.3 is 9.64 Å². The van der Waals surface area contributed by atoms with Gasteiger partial charge in [0.15, 0.2) is 5.41 Å². The first-order valence-electron chi connectivity index (χ1n) is 5.55. The highest BCUT2D eigenvalue weighted by Crippen LogP contribution is 2.29. The van der Waals surface area contributed by atoms with Crippen LogP contribution in [-0.2, 0) is 9.53 Å². The SMILES string of the molecule is CN(CCC(C)(C)C)C(=O)C1(C#N)COC1. The number of ether oxygens (including phenoxy) is 1. The van der Waals surface area contributed by atoms with Gasteiger partial charge in [0.2, 0.25) is 5.91 Å². The predicted octanol–water partition coefficient (Wildman–Crippen LogP) is 1.42. The van der Waals surface area contributed by atoms with Gasteiger partial charge in [-0.15, -0.1) is 0 Å². The third kappa shape index (κ3) is 2.73. The zero-order valence-electron chi connectivity index (χ0n) is 10.5. The number of hydrogen-bond acceptors (Lipinski definition) is 3. The van der Waals surface area contributed by atoms with E-state index < -0.39 is 5.41 Å². The Morgan fingerprint density at radius 3 is 2.38 bits per heavy atom. The number of nitrogens with zero attached hydrogens (tertiary/aromatic N) is 2. The van der Waals surface area contributed by atoms with E-state index in [0.717, 1.165) is 6.42 Å². The molecule has 4 nitrogen and oxygen atoms in total. The van der Waals surface area contributed by atoms with E-state index in [1.165, 1.54) is 0 Å². The smallest absolute Gasteiger partial charge is 0.247 e. The first-order chi connectivity index (χ1) is 7.31. The van der Waals surface area contributed by atoms with Crippen LogP contribution in [0.25, 0.3) is 0 Å². The number of nitriles is 1. The lowest BCUT2D eigenvalue weighted by molar-refractivity contribution is -0.160. The highest BCUT2D eigenvalue weighted by atomic mass is 16.5. The van der Waals surface area contributed by atoms with Crippen molar-refractivity contribution in [3.63, 3.8) is 0 Å². The Morgan fingerprint density at radius 1 is 1.50 bits per heavy atom. The molecule has 1 fully saturated rings. The summed E-state index contributed by atoms with van der Waals surface area (Å²) in [6.07, 6.45) is 0.928. The molecule has 0 radical (unpaired) electrons. The molecule has 16 heavy (non-hydrogen) atoms. The van der Waals surface area contributed by atoms with Crippen molar-refractivity contribution >= 4 is 5.91 Å². The average molecular weight is 224 g/mol. The summed E-state index contributed by atoms with van der Waals surface area (Å²) in [4.78, 5) is 13.7. The van der Waals surface area contributed by atoms with Crippen molar-refractivity contribution in [1.82, 2.24) is 4.90 Å². The Morgan fingerprint density at radius 2 is 2.06 bits per heavy atom. The lowest BCUT2D eigenvalue weighted by Gasteiger charge is -2.37. The van der Waals surface area contributed by atoms with Crippen LogP contribution in [0, 0.1) is 22.2 Å². The van der Waals surface area contributed by atoms with Gasteiger partial charge >= 0.3 is 0 Å². The molecule has 0 unspecified atom stereocenters. The molecule has 1 rings (SSSR count). The molecule has 4 heteroatoms. The quantitative estimate of drug-likeness (QED) is 0.728. The van der Waals surface area contributed by atoms with Crippen LogP contribution in [-0.4, -0.2) is 37.6 Å². The standard InChI is InChI=1S/C12H20N2O2/c1-11(2,3)5-6-14(4)10(15)12(7-13)8-16-9-12/h5-6,8-9H2,1-4H3. The van der Waals surface area contributed by atoms with Gasteiger partial charge in [-0.2, -0.15) is 5.26 Å². The van der Waals surface area contributed by atoms with Crippen molar-refractivity contribution in [2.24, 2.45) is 10.8 Å². The Kier molecular flexibility index (Phi) is 3.59. The summed E-state index contributed by atoms with van der Waals surface area (Å²) >= 11 is 0. The molecule has 0 bridgehead atoms. The normalized spacial score (nSPS) is 18.4. The summed E-state index contributed by atoms with van der Waals surface area (Å²) < 4.78 is 4.98. The van der Waals surface area contributed by atoms with Crippen LogP contribution in [0.2, 0.25) is 0 Å². The summed E-state index contributed by atoms with van der Waals surface area (Å²) in [6, 6.07) is 2.08. The molecule has 1 aliphatic rings. The molecular formula is C12H20N2O2. The molecule has 1 heterocycles. The van der Waals surface area contributed by atoms with Crippen LogP contribution in [0.4, 0.5) is 0 Å². The van der Waals surface area contributed by atoms with Crippen LogP contribution in [0.15, 0.2) is 0 Å². The number of amides is 1. The molecule has 90 valence electrons. The van der Waals surface area contributed by atoms with Crippen LogP contribution in [0.1, 0.15) is 27.2 Å². The second kappa shape index (κ2) is 4.42. The lowest BCUT2D eigenvalue weighted by atomic mass is 9.85. The molecule has 1 aliphatic heterocycles. The molecule has 0 aromatic carbocycles. The van der Waals surface area contributed by atoms with Gasteiger partial charge in [0.05, 0.1) is 19.3 Å². The fraction of sp³-hybridized carbons (Fsp3) is 0.833. The molecular weight excluding hydrogens is 204 g/mol. The van der Waals surface area contributed by atoms with Gasteiger partial charge in [-0.05, 0) is 11.8 Å². The molecule has 0 aromatic heterocycles. The third-order valence-corrected chi connectivity index (χ3v) is 2.86. The minimum atomic E-state index is -0.910. The van der Waals surface area contributed by atoms with Gasteiger partial charge in [-0.25, -0.2) is 0 Å². The highest BCUT2D eigenvalue weighted by Gasteiger charge is 2.48. The summed E-state index contributed by atoms with van der Waals surface area (Å²) in [5, 5.41) is 9.01. The summed E-state index contributed by atoms with van der Waals surface area (Å²) in [5.74, 6) is -0.106. The zero-order chi connectivity index (χ0) is 12.4. The van der Waals surface area contributed by atoms with Crippen LogP contribution in [0.5, 0.6) is 0 Å². The van der Waals surface area contributed by atoms with Crippen molar-refractivity contribution in [2.75, 3.05) is 26.8 Å². The molecule has 1 saturated heterocycles. The number of carbonyl (C=O) groups is 1. The van der Waals surface area contributed by atoms with Crippen molar-refractivity contribution in [3.8, 4) is 6.07 Å². The Balaban J connectivity index is 2.52. The van der Waals surface area contributed by atoms with Crippen LogP contribution >= 0.6 is 0 Å². The van der Waals surface area contributed by atoms with Crippen LogP contribution in [0.3, 0.4) is 0 Å². The van der Waals surface area contributed by atoms with Gasteiger partial charge in [0.1, 0.15) is 0 Å². The third-order valence-electron chi connectivity index (χ3n) is 2.86. The summed E-state index contributed by atoms with van der Waals surface area (Å²) in [5.41, 5.74) is -0.711. The van der Waals surface area contributed by atoms with Crippen molar-refractivity contribution < 1.29 is 9.53 Å². The van der Waals surface area contributed by atoms with E-state index in [2.05, 4.69) is 26.8 Å². The summed E-state index contributed by atoms with van der Waals surface area (Å²) in [6.45, 7) is 7.57. The van der Waals surface area contributed by atoms with Gasteiger partial charge in [-0.1, -0.05) is 20.8 Å². The topological polar surface area (TPSA) is 53.3 Å². The largest absolute Gasteiger partial charge is 0.377 e. The molecule has 1 amide bonds. The van der Waals surface area contributed by atoms with Gasteiger partial charge in [-0.3, -0.25) is 4.79 Å². The molecule has 0 aliphatic carbocycles. The van der Waals surface area contributed by atoms with E-state index in [4.69, 9.17) is 10.00 Å². The first-order valence-corrected chi connectivity index (χ1v) is 5.55. The lowest BCUT2D eigenvalue weighted by Crippen LogP contribution is -2.53. The Labute approximate surface area is 97.2 Å². The maximum absolute atomic E-state index is 12.0. The maximum atomic E-state index is 12.0. The number of carbonyl (C=O) groups excluding carboxylic acids is 1. The minimum Gasteiger partial charge on any atom is -0.377 e. The van der Waals surface area contributed by atoms with Crippen molar-refractivity contribution in [1.29, 1.82) is 5.26 Å². The Hall–Kier alpha value is -1.08. The van der Waals surface area contributed by atoms with Gasteiger partial charge in [0.25, 0.3) is 0 Å². The minimum absolute atomic E-state index is 0.106. The number of hydrogen-bond donors (Lipinski definition) is 0. The molecule has 0 atom stereocenters. The second-order valence-corrected chi connectivity index (χ2v) is 5.72. The first kappa shape index (κ1) is 13.0.